The molecule has 0 radical (unpaired) electrons. The lowest BCUT2D eigenvalue weighted by Crippen LogP contribution is -2.04. The number of benzene rings is 2. The van der Waals surface area contributed by atoms with Crippen molar-refractivity contribution in [3.8, 4) is 5.75 Å². The van der Waals surface area contributed by atoms with E-state index in [0.717, 1.165) is 5.39 Å². The number of aryl methyl sites for hydroxylation is 1. The third-order valence-electron chi connectivity index (χ3n) is 2.61. The molecule has 0 saturated heterocycles. The molecular weight excluding hydrogens is 204 g/mol. The number of hydrogen-bond donors (Lipinski definition) is 1. The Morgan fingerprint density at radius 2 is 2.00 bits per heavy atom. The van der Waals surface area contributed by atoms with Crippen LogP contribution >= 0.6 is 0 Å². The number of hydrogen-bond acceptors (Lipinski definition) is 3. The average Bonchev–Trinajstić information content (AvgIpc) is 2.28. The number of fused-ring (bicyclic) bond motifs is 1. The molecule has 1 N–H and O–H groups in total. The second-order valence-electron chi connectivity index (χ2n) is 3.63. The highest BCUT2D eigenvalue weighted by Gasteiger charge is 2.17. The van der Waals surface area contributed by atoms with Crippen LogP contribution in [-0.4, -0.2) is 18.2 Å². The molecule has 2 rings (SSSR count). The molecule has 16 heavy (non-hydrogen) atoms. The molecule has 0 aliphatic heterocycles. The molecule has 0 fully saturated rings. The molecule has 0 aliphatic carbocycles. The van der Waals surface area contributed by atoms with Gasteiger partial charge in [-0.25, -0.2) is 4.79 Å². The minimum Gasteiger partial charge on any atom is -0.506 e. The number of phenols is 1. The zero-order valence-corrected chi connectivity index (χ0v) is 9.15. The molecule has 0 aliphatic rings. The van der Waals surface area contributed by atoms with Crippen LogP contribution in [0, 0.1) is 6.92 Å². The first kappa shape index (κ1) is 10.5. The predicted octanol–water partition coefficient (Wildman–Crippen LogP) is 2.64. The lowest BCUT2D eigenvalue weighted by Gasteiger charge is -2.09. The van der Waals surface area contributed by atoms with Crippen LogP contribution in [0.3, 0.4) is 0 Å². The van der Waals surface area contributed by atoms with Crippen LogP contribution in [0.4, 0.5) is 0 Å². The molecule has 82 valence electrons. The summed E-state index contributed by atoms with van der Waals surface area (Å²) < 4.78 is 4.65. The molecule has 0 spiro atoms. The van der Waals surface area contributed by atoms with Crippen LogP contribution in [-0.2, 0) is 4.74 Å². The van der Waals surface area contributed by atoms with Gasteiger partial charge in [0.1, 0.15) is 11.3 Å². The first-order chi connectivity index (χ1) is 7.65. The molecule has 3 nitrogen and oxygen atoms in total. The number of ether oxygens (including phenoxy) is 1. The molecule has 2 aromatic carbocycles. The molecule has 3 heteroatoms. The number of esters is 1. The highest BCUT2D eigenvalue weighted by atomic mass is 16.5. The fraction of sp³-hybridized carbons (Fsp3) is 0.154. The Labute approximate surface area is 93.3 Å². The standard InChI is InChI=1S/C13H12O3/c1-8-7-9-5-3-4-6-10(9)12(14)11(8)13(15)16-2/h3-7,14H,1-2H3. The van der Waals surface area contributed by atoms with E-state index in [0.29, 0.717) is 10.9 Å². The van der Waals surface area contributed by atoms with Crippen LogP contribution in [0.2, 0.25) is 0 Å². The minimum atomic E-state index is -0.513. The van der Waals surface area contributed by atoms with Gasteiger partial charge in [-0.15, -0.1) is 0 Å². The maximum Gasteiger partial charge on any atom is 0.341 e. The van der Waals surface area contributed by atoms with E-state index in [9.17, 15) is 9.90 Å². The predicted molar refractivity (Wildman–Crippen MR) is 61.7 cm³/mol. The van der Waals surface area contributed by atoms with Crippen molar-refractivity contribution in [2.75, 3.05) is 7.11 Å². The normalized spacial score (nSPS) is 10.4. The van der Waals surface area contributed by atoms with Crippen LogP contribution in [0.1, 0.15) is 15.9 Å². The highest BCUT2D eigenvalue weighted by Crippen LogP contribution is 2.31. The van der Waals surface area contributed by atoms with Crippen LogP contribution in [0.15, 0.2) is 30.3 Å². The summed E-state index contributed by atoms with van der Waals surface area (Å²) in [5.74, 6) is -0.525. The fourth-order valence-corrected chi connectivity index (χ4v) is 1.83. The first-order valence-electron chi connectivity index (χ1n) is 4.94. The molecule has 0 heterocycles. The van der Waals surface area contributed by atoms with Gasteiger partial charge >= 0.3 is 5.97 Å². The van der Waals surface area contributed by atoms with E-state index in [1.165, 1.54) is 7.11 Å². The summed E-state index contributed by atoms with van der Waals surface area (Å²) in [5, 5.41) is 11.6. The highest BCUT2D eigenvalue weighted by molar-refractivity contribution is 6.02. The molecule has 2 aromatic rings. The largest absolute Gasteiger partial charge is 0.506 e. The number of phenolic OH excluding ortho intramolecular Hbond substituents is 1. The zero-order valence-electron chi connectivity index (χ0n) is 9.15. The summed E-state index contributed by atoms with van der Waals surface area (Å²) in [6.45, 7) is 1.78. The second kappa shape index (κ2) is 3.85. The Balaban J connectivity index is 2.80. The van der Waals surface area contributed by atoms with E-state index in [1.807, 2.05) is 24.3 Å². The van der Waals surface area contributed by atoms with Crippen molar-refractivity contribution in [1.82, 2.24) is 0 Å². The molecule has 0 unspecified atom stereocenters. The quantitative estimate of drug-likeness (QED) is 0.745. The average molecular weight is 216 g/mol. The number of aromatic hydroxyl groups is 1. The Hall–Kier alpha value is -2.03. The van der Waals surface area contributed by atoms with Gasteiger partial charge < -0.3 is 9.84 Å². The number of carbonyl (C=O) groups excluding carboxylic acids is 1. The summed E-state index contributed by atoms with van der Waals surface area (Å²) in [5.41, 5.74) is 0.948. The van der Waals surface area contributed by atoms with E-state index in [2.05, 4.69) is 4.74 Å². The summed E-state index contributed by atoms with van der Waals surface area (Å²) in [6.07, 6.45) is 0. The van der Waals surface area contributed by atoms with Crippen molar-refractivity contribution in [1.29, 1.82) is 0 Å². The van der Waals surface area contributed by atoms with Crippen LogP contribution < -0.4 is 0 Å². The Morgan fingerprint density at radius 3 is 2.69 bits per heavy atom. The monoisotopic (exact) mass is 216 g/mol. The SMILES string of the molecule is COC(=O)c1c(C)cc2ccccc2c1O. The van der Waals surface area contributed by atoms with Gasteiger partial charge in [-0.2, -0.15) is 0 Å². The fourth-order valence-electron chi connectivity index (χ4n) is 1.83. The summed E-state index contributed by atoms with van der Waals surface area (Å²) in [4.78, 5) is 11.5. The summed E-state index contributed by atoms with van der Waals surface area (Å²) >= 11 is 0. The molecule has 0 saturated carbocycles. The summed E-state index contributed by atoms with van der Waals surface area (Å²) in [7, 11) is 1.30. The van der Waals surface area contributed by atoms with Gasteiger partial charge in [0.25, 0.3) is 0 Å². The third kappa shape index (κ3) is 1.50. The van der Waals surface area contributed by atoms with Gasteiger partial charge in [-0.3, -0.25) is 0 Å². The van der Waals surface area contributed by atoms with Crippen LogP contribution in [0.5, 0.6) is 5.75 Å². The van der Waals surface area contributed by atoms with Gasteiger partial charge in [0, 0.05) is 5.39 Å². The van der Waals surface area contributed by atoms with E-state index in [4.69, 9.17) is 0 Å². The van der Waals surface area contributed by atoms with Gasteiger partial charge in [0.05, 0.1) is 7.11 Å². The zero-order chi connectivity index (χ0) is 11.7. The minimum absolute atomic E-state index is 0.0116. The number of methoxy groups -OCH3 is 1. The van der Waals surface area contributed by atoms with Crippen molar-refractivity contribution < 1.29 is 14.6 Å². The molecule has 0 aromatic heterocycles. The van der Waals surface area contributed by atoms with Crippen molar-refractivity contribution >= 4 is 16.7 Å². The Bertz CT molecular complexity index is 558. The van der Waals surface area contributed by atoms with E-state index >= 15 is 0 Å². The maximum absolute atomic E-state index is 11.5. The van der Waals surface area contributed by atoms with Gasteiger partial charge in [-0.05, 0) is 17.9 Å². The van der Waals surface area contributed by atoms with E-state index in [-0.39, 0.29) is 11.3 Å². The molecule has 0 amide bonds. The van der Waals surface area contributed by atoms with Crippen molar-refractivity contribution in [3.05, 3.63) is 41.5 Å². The van der Waals surface area contributed by atoms with Crippen molar-refractivity contribution in [2.45, 2.75) is 6.92 Å². The topological polar surface area (TPSA) is 46.5 Å². The molecular formula is C13H12O3. The Kier molecular flexibility index (Phi) is 2.52. The smallest absolute Gasteiger partial charge is 0.341 e. The van der Waals surface area contributed by atoms with Crippen LogP contribution in [0.25, 0.3) is 10.8 Å². The van der Waals surface area contributed by atoms with Crippen molar-refractivity contribution in [3.63, 3.8) is 0 Å². The second-order valence-corrected chi connectivity index (χ2v) is 3.63. The van der Waals surface area contributed by atoms with E-state index in [1.54, 1.807) is 13.0 Å². The van der Waals surface area contributed by atoms with E-state index < -0.39 is 5.97 Å². The lowest BCUT2D eigenvalue weighted by atomic mass is 10.0. The third-order valence-corrected chi connectivity index (χ3v) is 2.61. The number of carbonyl (C=O) groups is 1. The lowest BCUT2D eigenvalue weighted by molar-refractivity contribution is 0.0597. The first-order valence-corrected chi connectivity index (χ1v) is 4.94. The number of rotatable bonds is 1. The molecule has 0 atom stereocenters. The van der Waals surface area contributed by atoms with Gasteiger partial charge in [0.15, 0.2) is 0 Å². The van der Waals surface area contributed by atoms with Gasteiger partial charge in [0.2, 0.25) is 0 Å². The van der Waals surface area contributed by atoms with Crippen molar-refractivity contribution in [2.24, 2.45) is 0 Å². The maximum atomic E-state index is 11.5. The Morgan fingerprint density at radius 1 is 1.31 bits per heavy atom. The summed E-state index contributed by atoms with van der Waals surface area (Å²) in [6, 6.07) is 9.23. The van der Waals surface area contributed by atoms with Gasteiger partial charge in [-0.1, -0.05) is 30.3 Å². The molecule has 0 bridgehead atoms.